The Kier molecular flexibility index (Phi) is 6.61. The van der Waals surface area contributed by atoms with Gasteiger partial charge in [0, 0.05) is 10.9 Å². The molecule has 0 saturated heterocycles. The van der Waals surface area contributed by atoms with Crippen molar-refractivity contribution in [3.8, 4) is 5.75 Å². The van der Waals surface area contributed by atoms with Crippen LogP contribution in [0, 0.1) is 5.92 Å². The van der Waals surface area contributed by atoms with E-state index < -0.39 is 46.9 Å². The van der Waals surface area contributed by atoms with E-state index in [0.29, 0.717) is 11.1 Å². The third-order valence-corrected chi connectivity index (χ3v) is 6.74. The van der Waals surface area contributed by atoms with E-state index in [1.165, 1.54) is 37.3 Å². The summed E-state index contributed by atoms with van der Waals surface area (Å²) in [6.45, 7) is 0.889. The minimum atomic E-state index is -5.13. The van der Waals surface area contributed by atoms with Crippen LogP contribution in [0.15, 0.2) is 54.4 Å². The number of carboxylic acids is 1. The average molecular weight is 526 g/mol. The molecule has 6 nitrogen and oxygen atoms in total. The van der Waals surface area contributed by atoms with Crippen LogP contribution in [0.5, 0.6) is 5.75 Å². The first kappa shape index (κ1) is 25.7. The number of hydrogen-bond donors (Lipinski definition) is 3. The molecule has 0 saturated carbocycles. The highest BCUT2D eigenvalue weighted by molar-refractivity contribution is 6.31. The summed E-state index contributed by atoms with van der Waals surface area (Å²) in [6, 6.07) is 7.38. The second-order valence-electron chi connectivity index (χ2n) is 8.59. The van der Waals surface area contributed by atoms with Crippen LogP contribution in [0.25, 0.3) is 5.57 Å². The van der Waals surface area contributed by atoms with Gasteiger partial charge in [-0.1, -0.05) is 42.8 Å². The fraction of sp³-hybridized carbons (Fsp3) is 0.280. The lowest BCUT2D eigenvalue weighted by Crippen LogP contribution is -2.46. The van der Waals surface area contributed by atoms with Gasteiger partial charge in [0.15, 0.2) is 12.2 Å². The number of carbonyl (C=O) groups is 2. The van der Waals surface area contributed by atoms with E-state index in [2.05, 4.69) is 5.32 Å². The number of carboxylic acid groups (broad SMARTS) is 1. The lowest BCUT2D eigenvalue weighted by molar-refractivity contribution is -0.274. The number of aliphatic carboxylic acids is 1. The molecule has 1 aliphatic carbocycles. The molecular weight excluding hydrogens is 506 g/mol. The van der Waals surface area contributed by atoms with Crippen molar-refractivity contribution >= 4 is 34.7 Å². The quantitative estimate of drug-likeness (QED) is 0.444. The summed E-state index contributed by atoms with van der Waals surface area (Å²) in [4.78, 5) is 22.7. The van der Waals surface area contributed by atoms with Gasteiger partial charge in [0.05, 0.1) is 5.69 Å². The van der Waals surface area contributed by atoms with Crippen LogP contribution in [0.1, 0.15) is 36.0 Å². The fourth-order valence-corrected chi connectivity index (χ4v) is 4.69. The first-order valence-electron chi connectivity index (χ1n) is 10.8. The fourth-order valence-electron chi connectivity index (χ4n) is 4.35. The van der Waals surface area contributed by atoms with Gasteiger partial charge in [-0.05, 0) is 53.0 Å². The Balaban J connectivity index is 1.71. The van der Waals surface area contributed by atoms with Gasteiger partial charge in [0.1, 0.15) is 17.5 Å². The van der Waals surface area contributed by atoms with Crippen LogP contribution < -0.4 is 10.1 Å². The van der Waals surface area contributed by atoms with Gasteiger partial charge < -0.3 is 20.3 Å². The highest BCUT2D eigenvalue weighted by Gasteiger charge is 2.59. The van der Waals surface area contributed by atoms with E-state index in [1.807, 2.05) is 0 Å². The van der Waals surface area contributed by atoms with Crippen LogP contribution in [-0.2, 0) is 15.2 Å². The van der Waals surface area contributed by atoms with Crippen LogP contribution in [0.3, 0.4) is 0 Å². The third kappa shape index (κ3) is 4.46. The van der Waals surface area contributed by atoms with Gasteiger partial charge in [0.2, 0.25) is 0 Å². The first-order chi connectivity index (χ1) is 16.8. The highest BCUT2D eigenvalue weighted by Crippen LogP contribution is 2.51. The minimum Gasteiger partial charge on any atom is -0.482 e. The Morgan fingerprint density at radius 1 is 1.22 bits per heavy atom. The summed E-state index contributed by atoms with van der Waals surface area (Å²) in [6.07, 6.45) is -2.67. The highest BCUT2D eigenvalue weighted by atomic mass is 35.5. The number of rotatable bonds is 5. The maximum Gasteiger partial charge on any atom is 0.422 e. The van der Waals surface area contributed by atoms with Crippen molar-refractivity contribution in [1.82, 2.24) is 0 Å². The smallest absolute Gasteiger partial charge is 0.422 e. The lowest BCUT2D eigenvalue weighted by atomic mass is 9.77. The summed E-state index contributed by atoms with van der Waals surface area (Å²) in [5.74, 6) is -5.41. The Morgan fingerprint density at radius 2 is 1.94 bits per heavy atom. The number of anilines is 1. The summed E-state index contributed by atoms with van der Waals surface area (Å²) in [5.41, 5.74) is -3.23. The van der Waals surface area contributed by atoms with Crippen LogP contribution in [0.2, 0.25) is 5.02 Å². The van der Waals surface area contributed by atoms with Crippen molar-refractivity contribution in [3.05, 3.63) is 76.1 Å². The maximum absolute atomic E-state index is 14.4. The van der Waals surface area contributed by atoms with Crippen LogP contribution in [0.4, 0.5) is 23.2 Å². The Labute approximate surface area is 207 Å². The van der Waals surface area contributed by atoms with Gasteiger partial charge in [-0.15, -0.1) is 0 Å². The standard InChI is InChI=1S/C25H20ClF4NO5/c1-12(16-5-2-13(8-18(16)26)14-3-6-17(23(33)34)19(27)9-14)24(35,25(28,29)30)15-4-7-21-20(10-15)31-22(32)11-36-21/h2-5,7-10,12,17,35H,6,11H2,1H3,(H,31,32)(H,33,34)/t12-,17?,24-/m1/s1. The molecule has 1 heterocycles. The predicted molar refractivity (Wildman–Crippen MR) is 123 cm³/mol. The van der Waals surface area contributed by atoms with Crippen molar-refractivity contribution in [2.24, 2.45) is 5.92 Å². The molecule has 0 fully saturated rings. The number of allylic oxidation sites excluding steroid dienone is 3. The number of hydrogen-bond acceptors (Lipinski definition) is 4. The van der Waals surface area contributed by atoms with Crippen molar-refractivity contribution < 1.29 is 42.1 Å². The summed E-state index contributed by atoms with van der Waals surface area (Å²) < 4.78 is 62.5. The molecular formula is C25H20ClF4NO5. The van der Waals surface area contributed by atoms with Gasteiger partial charge in [-0.3, -0.25) is 9.59 Å². The number of fused-ring (bicyclic) bond motifs is 1. The number of nitrogens with one attached hydrogen (secondary N) is 1. The number of ether oxygens (including phenoxy) is 1. The molecule has 1 amide bonds. The molecule has 11 heteroatoms. The minimum absolute atomic E-state index is 0.00205. The number of alkyl halides is 3. The zero-order valence-electron chi connectivity index (χ0n) is 18.7. The average Bonchev–Trinajstić information content (AvgIpc) is 2.81. The van der Waals surface area contributed by atoms with Crippen LogP contribution >= 0.6 is 11.6 Å². The molecule has 0 bridgehead atoms. The first-order valence-corrected chi connectivity index (χ1v) is 11.2. The molecule has 1 aliphatic heterocycles. The van der Waals surface area contributed by atoms with E-state index in [1.54, 1.807) is 0 Å². The number of carbonyl (C=O) groups excluding carboxylic acids is 1. The Morgan fingerprint density at radius 3 is 2.56 bits per heavy atom. The SMILES string of the molecule is C[C@H](c1ccc(C2=CCC(C(=O)O)C(F)=C2)cc1Cl)[C@@](O)(c1ccc2c(c1)NC(=O)CO2)C(F)(F)F. The van der Waals surface area contributed by atoms with Crippen LogP contribution in [-0.4, -0.2) is 34.9 Å². The summed E-state index contributed by atoms with van der Waals surface area (Å²) in [7, 11) is 0. The zero-order valence-corrected chi connectivity index (χ0v) is 19.5. The number of halogens is 5. The van der Waals surface area contributed by atoms with Crippen molar-refractivity contribution in [2.75, 3.05) is 11.9 Å². The Bertz CT molecular complexity index is 1310. The molecule has 0 radical (unpaired) electrons. The molecule has 0 spiro atoms. The van der Waals surface area contributed by atoms with E-state index in [0.717, 1.165) is 18.2 Å². The van der Waals surface area contributed by atoms with Gasteiger partial charge in [0.25, 0.3) is 5.91 Å². The molecule has 1 unspecified atom stereocenters. The van der Waals surface area contributed by atoms with Gasteiger partial charge >= 0.3 is 12.1 Å². The second kappa shape index (κ2) is 9.25. The molecule has 0 aromatic heterocycles. The predicted octanol–water partition coefficient (Wildman–Crippen LogP) is 5.57. The van der Waals surface area contributed by atoms with Gasteiger partial charge in [-0.2, -0.15) is 13.2 Å². The Hall–Kier alpha value is -3.37. The molecule has 2 aromatic rings. The molecule has 3 N–H and O–H groups in total. The molecule has 2 aromatic carbocycles. The third-order valence-electron chi connectivity index (χ3n) is 6.41. The van der Waals surface area contributed by atoms with E-state index >= 15 is 0 Å². The van der Waals surface area contributed by atoms with Crippen molar-refractivity contribution in [2.45, 2.75) is 31.0 Å². The topological polar surface area (TPSA) is 95.9 Å². The van der Waals surface area contributed by atoms with E-state index in [-0.39, 0.29) is 35.1 Å². The normalized spacial score (nSPS) is 20.2. The summed E-state index contributed by atoms with van der Waals surface area (Å²) in [5, 5.41) is 22.5. The second-order valence-corrected chi connectivity index (χ2v) is 8.99. The van der Waals surface area contributed by atoms with Crippen molar-refractivity contribution in [3.63, 3.8) is 0 Å². The van der Waals surface area contributed by atoms with E-state index in [9.17, 15) is 32.3 Å². The number of aliphatic hydroxyl groups is 1. The molecule has 3 atom stereocenters. The zero-order chi connectivity index (χ0) is 26.4. The maximum atomic E-state index is 14.4. The largest absolute Gasteiger partial charge is 0.482 e. The molecule has 4 rings (SSSR count). The lowest BCUT2D eigenvalue weighted by Gasteiger charge is -2.37. The summed E-state index contributed by atoms with van der Waals surface area (Å²) >= 11 is 6.35. The number of benzene rings is 2. The molecule has 2 aliphatic rings. The number of amides is 1. The monoisotopic (exact) mass is 525 g/mol. The van der Waals surface area contributed by atoms with Gasteiger partial charge in [-0.25, -0.2) is 4.39 Å². The molecule has 190 valence electrons. The van der Waals surface area contributed by atoms with Crippen molar-refractivity contribution in [1.29, 1.82) is 0 Å². The molecule has 36 heavy (non-hydrogen) atoms. The van der Waals surface area contributed by atoms with E-state index in [4.69, 9.17) is 21.4 Å².